The summed E-state index contributed by atoms with van der Waals surface area (Å²) in [6, 6.07) is 0.534. The molecule has 16 heavy (non-hydrogen) atoms. The Morgan fingerprint density at radius 1 is 1.38 bits per heavy atom. The average molecular weight is 244 g/mol. The van der Waals surface area contributed by atoms with Gasteiger partial charge in [-0.05, 0) is 30.5 Å². The molecule has 2 N–H and O–H groups in total. The summed E-state index contributed by atoms with van der Waals surface area (Å²) in [6.07, 6.45) is 3.89. The van der Waals surface area contributed by atoms with E-state index in [1.54, 1.807) is 7.11 Å². The van der Waals surface area contributed by atoms with E-state index in [0.29, 0.717) is 18.6 Å². The van der Waals surface area contributed by atoms with Crippen LogP contribution in [0, 0.1) is 11.8 Å². The summed E-state index contributed by atoms with van der Waals surface area (Å²) in [7, 11) is 1.70. The summed E-state index contributed by atoms with van der Waals surface area (Å²) in [6.45, 7) is 6.12. The first-order valence-corrected chi connectivity index (χ1v) is 6.59. The molecule has 0 radical (unpaired) electrons. The molecule has 4 heteroatoms. The zero-order valence-corrected chi connectivity index (χ0v) is 11.4. The van der Waals surface area contributed by atoms with Gasteiger partial charge in [0.05, 0.1) is 6.61 Å². The topological polar surface area (TPSA) is 33.3 Å². The summed E-state index contributed by atoms with van der Waals surface area (Å²) in [5, 5.41) is 7.35. The SMILES string of the molecule is COCCNC(=S)N[C@H]1CCC[C@H](C)[C@@H]1C. The van der Waals surface area contributed by atoms with Crippen molar-refractivity contribution in [2.24, 2.45) is 11.8 Å². The van der Waals surface area contributed by atoms with Gasteiger partial charge in [0.2, 0.25) is 0 Å². The average Bonchev–Trinajstić information content (AvgIpc) is 2.25. The second kappa shape index (κ2) is 7.07. The van der Waals surface area contributed by atoms with E-state index >= 15 is 0 Å². The van der Waals surface area contributed by atoms with Crippen LogP contribution >= 0.6 is 12.2 Å². The van der Waals surface area contributed by atoms with Crippen molar-refractivity contribution in [3.05, 3.63) is 0 Å². The molecular weight excluding hydrogens is 220 g/mol. The predicted octanol–water partition coefficient (Wildman–Crippen LogP) is 1.92. The first-order chi connectivity index (χ1) is 7.65. The molecule has 0 aromatic carbocycles. The van der Waals surface area contributed by atoms with Gasteiger partial charge < -0.3 is 15.4 Å². The third-order valence-corrected chi connectivity index (χ3v) is 3.88. The lowest BCUT2D eigenvalue weighted by molar-refractivity contribution is 0.202. The van der Waals surface area contributed by atoms with E-state index in [1.807, 2.05) is 0 Å². The largest absolute Gasteiger partial charge is 0.383 e. The van der Waals surface area contributed by atoms with E-state index in [9.17, 15) is 0 Å². The first-order valence-electron chi connectivity index (χ1n) is 6.18. The highest BCUT2D eigenvalue weighted by atomic mass is 32.1. The number of hydrogen-bond acceptors (Lipinski definition) is 2. The van der Waals surface area contributed by atoms with Crippen molar-refractivity contribution in [1.82, 2.24) is 10.6 Å². The molecule has 0 bridgehead atoms. The molecule has 1 saturated carbocycles. The van der Waals surface area contributed by atoms with Gasteiger partial charge in [0.25, 0.3) is 0 Å². The Labute approximate surface area is 104 Å². The van der Waals surface area contributed by atoms with Gasteiger partial charge in [-0.2, -0.15) is 0 Å². The number of rotatable bonds is 4. The van der Waals surface area contributed by atoms with Gasteiger partial charge in [-0.1, -0.05) is 26.7 Å². The zero-order valence-electron chi connectivity index (χ0n) is 10.6. The number of thiocarbonyl (C=S) groups is 1. The first kappa shape index (κ1) is 13.7. The Hall–Kier alpha value is -0.350. The molecule has 0 spiro atoms. The van der Waals surface area contributed by atoms with Crippen LogP contribution in [0.25, 0.3) is 0 Å². The monoisotopic (exact) mass is 244 g/mol. The van der Waals surface area contributed by atoms with E-state index in [4.69, 9.17) is 17.0 Å². The van der Waals surface area contributed by atoms with Crippen LogP contribution in [0.15, 0.2) is 0 Å². The highest BCUT2D eigenvalue weighted by Crippen LogP contribution is 2.29. The van der Waals surface area contributed by atoms with Crippen LogP contribution in [-0.2, 0) is 4.74 Å². The summed E-state index contributed by atoms with van der Waals surface area (Å²) < 4.78 is 4.97. The van der Waals surface area contributed by atoms with E-state index < -0.39 is 0 Å². The molecule has 0 saturated heterocycles. The molecular formula is C12H24N2OS. The van der Waals surface area contributed by atoms with Crippen molar-refractivity contribution >= 4 is 17.3 Å². The van der Waals surface area contributed by atoms with Crippen LogP contribution in [-0.4, -0.2) is 31.4 Å². The third kappa shape index (κ3) is 4.26. The molecule has 94 valence electrons. The normalized spacial score (nSPS) is 29.8. The Morgan fingerprint density at radius 3 is 2.81 bits per heavy atom. The third-order valence-electron chi connectivity index (χ3n) is 3.62. The summed E-state index contributed by atoms with van der Waals surface area (Å²) in [5.41, 5.74) is 0. The highest BCUT2D eigenvalue weighted by molar-refractivity contribution is 7.80. The molecule has 0 aromatic heterocycles. The second-order valence-electron chi connectivity index (χ2n) is 4.77. The lowest BCUT2D eigenvalue weighted by Crippen LogP contribution is -2.48. The predicted molar refractivity (Wildman–Crippen MR) is 71.6 cm³/mol. The minimum absolute atomic E-state index is 0.534. The smallest absolute Gasteiger partial charge is 0.166 e. The zero-order chi connectivity index (χ0) is 12.0. The molecule has 0 unspecified atom stereocenters. The van der Waals surface area contributed by atoms with Crippen LogP contribution in [0.4, 0.5) is 0 Å². The second-order valence-corrected chi connectivity index (χ2v) is 5.18. The van der Waals surface area contributed by atoms with Gasteiger partial charge in [0.15, 0.2) is 5.11 Å². The van der Waals surface area contributed by atoms with Crippen LogP contribution < -0.4 is 10.6 Å². The molecule has 0 aliphatic heterocycles. The fourth-order valence-electron chi connectivity index (χ4n) is 2.27. The quantitative estimate of drug-likeness (QED) is 0.585. The molecule has 1 aliphatic rings. The standard InChI is InChI=1S/C12H24N2OS/c1-9-5-4-6-11(10(9)2)14-12(16)13-7-8-15-3/h9-11H,4-8H2,1-3H3,(H2,13,14,16)/t9-,10-,11-/m0/s1. The maximum absolute atomic E-state index is 5.26. The molecule has 3 nitrogen and oxygen atoms in total. The van der Waals surface area contributed by atoms with Gasteiger partial charge in [0, 0.05) is 19.7 Å². The molecule has 0 heterocycles. The van der Waals surface area contributed by atoms with E-state index in [2.05, 4.69) is 24.5 Å². The minimum Gasteiger partial charge on any atom is -0.383 e. The molecule has 0 aromatic rings. The molecule has 1 fully saturated rings. The molecule has 1 aliphatic carbocycles. The molecule has 3 atom stereocenters. The van der Waals surface area contributed by atoms with Crippen LogP contribution in [0.3, 0.4) is 0 Å². The lowest BCUT2D eigenvalue weighted by Gasteiger charge is -2.35. The molecule has 1 rings (SSSR count). The Balaban J connectivity index is 2.26. The van der Waals surface area contributed by atoms with Crippen LogP contribution in [0.1, 0.15) is 33.1 Å². The van der Waals surface area contributed by atoms with Crippen LogP contribution in [0.2, 0.25) is 0 Å². The summed E-state index contributed by atoms with van der Waals surface area (Å²) >= 11 is 5.26. The lowest BCUT2D eigenvalue weighted by atomic mass is 9.78. The fraction of sp³-hybridized carbons (Fsp3) is 0.917. The van der Waals surface area contributed by atoms with E-state index in [1.165, 1.54) is 19.3 Å². The van der Waals surface area contributed by atoms with Gasteiger partial charge in [-0.3, -0.25) is 0 Å². The van der Waals surface area contributed by atoms with Gasteiger partial charge in [0.1, 0.15) is 0 Å². The summed E-state index contributed by atoms with van der Waals surface area (Å²) in [5.74, 6) is 1.50. The van der Waals surface area contributed by atoms with Crippen molar-refractivity contribution in [3.8, 4) is 0 Å². The van der Waals surface area contributed by atoms with Crippen molar-refractivity contribution in [1.29, 1.82) is 0 Å². The Bertz CT molecular complexity index is 223. The van der Waals surface area contributed by atoms with E-state index in [0.717, 1.165) is 17.6 Å². The van der Waals surface area contributed by atoms with E-state index in [-0.39, 0.29) is 0 Å². The minimum atomic E-state index is 0.534. The van der Waals surface area contributed by atoms with Crippen molar-refractivity contribution in [2.45, 2.75) is 39.2 Å². The van der Waals surface area contributed by atoms with Crippen LogP contribution in [0.5, 0.6) is 0 Å². The van der Waals surface area contributed by atoms with Crippen molar-refractivity contribution in [3.63, 3.8) is 0 Å². The Kier molecular flexibility index (Phi) is 6.06. The maximum atomic E-state index is 5.26. The number of ether oxygens (including phenoxy) is 1. The van der Waals surface area contributed by atoms with Gasteiger partial charge in [-0.25, -0.2) is 0 Å². The van der Waals surface area contributed by atoms with Gasteiger partial charge >= 0.3 is 0 Å². The number of hydrogen-bond donors (Lipinski definition) is 2. The number of nitrogens with one attached hydrogen (secondary N) is 2. The summed E-state index contributed by atoms with van der Waals surface area (Å²) in [4.78, 5) is 0. The number of methoxy groups -OCH3 is 1. The molecule has 0 amide bonds. The maximum Gasteiger partial charge on any atom is 0.166 e. The Morgan fingerprint density at radius 2 is 2.12 bits per heavy atom. The highest BCUT2D eigenvalue weighted by Gasteiger charge is 2.27. The van der Waals surface area contributed by atoms with Crippen molar-refractivity contribution in [2.75, 3.05) is 20.3 Å². The van der Waals surface area contributed by atoms with Crippen molar-refractivity contribution < 1.29 is 4.74 Å². The fourth-order valence-corrected chi connectivity index (χ4v) is 2.53. The van der Waals surface area contributed by atoms with Gasteiger partial charge in [-0.15, -0.1) is 0 Å².